The Kier molecular flexibility index (Phi) is 4.45. The van der Waals surface area contributed by atoms with Gasteiger partial charge in [-0.05, 0) is 12.1 Å². The van der Waals surface area contributed by atoms with Crippen LogP contribution in [-0.2, 0) is 0 Å². The number of carbonyl (C=O) groups is 2. The van der Waals surface area contributed by atoms with Crippen LogP contribution in [0.3, 0.4) is 0 Å². The molecular formula is C16H14O3. The first-order valence-corrected chi connectivity index (χ1v) is 6.06. The minimum Gasteiger partial charge on any atom is -0.493 e. The average Bonchev–Trinajstić information content (AvgIpc) is 2.48. The summed E-state index contributed by atoms with van der Waals surface area (Å²) >= 11 is 0. The fourth-order valence-corrected chi connectivity index (χ4v) is 1.71. The summed E-state index contributed by atoms with van der Waals surface area (Å²) in [5.74, 6) is 0.651. The zero-order chi connectivity index (χ0) is 13.5. The Hall–Kier alpha value is -2.42. The maximum absolute atomic E-state index is 11.8. The second kappa shape index (κ2) is 6.50. The van der Waals surface area contributed by atoms with E-state index in [1.54, 1.807) is 36.4 Å². The molecule has 0 heterocycles. The van der Waals surface area contributed by atoms with Crippen molar-refractivity contribution in [1.82, 2.24) is 0 Å². The van der Waals surface area contributed by atoms with Crippen LogP contribution in [0.5, 0.6) is 5.75 Å². The van der Waals surface area contributed by atoms with E-state index in [0.717, 1.165) is 6.29 Å². The molecule has 0 amide bonds. The van der Waals surface area contributed by atoms with Gasteiger partial charge >= 0.3 is 0 Å². The van der Waals surface area contributed by atoms with Crippen molar-refractivity contribution in [1.29, 1.82) is 0 Å². The van der Waals surface area contributed by atoms with Crippen molar-refractivity contribution < 1.29 is 14.3 Å². The lowest BCUT2D eigenvalue weighted by Crippen LogP contribution is -2.06. The van der Waals surface area contributed by atoms with Crippen LogP contribution in [0.2, 0.25) is 0 Å². The predicted molar refractivity (Wildman–Crippen MR) is 72.7 cm³/mol. The van der Waals surface area contributed by atoms with E-state index < -0.39 is 0 Å². The molecule has 0 radical (unpaired) electrons. The van der Waals surface area contributed by atoms with Crippen molar-refractivity contribution in [2.75, 3.05) is 6.61 Å². The topological polar surface area (TPSA) is 43.4 Å². The van der Waals surface area contributed by atoms with Crippen LogP contribution in [0.15, 0.2) is 54.6 Å². The van der Waals surface area contributed by atoms with Crippen LogP contribution < -0.4 is 4.74 Å². The quantitative estimate of drug-likeness (QED) is 0.587. The zero-order valence-corrected chi connectivity index (χ0v) is 10.4. The largest absolute Gasteiger partial charge is 0.493 e. The van der Waals surface area contributed by atoms with E-state index in [1.165, 1.54) is 0 Å². The van der Waals surface area contributed by atoms with Crippen molar-refractivity contribution >= 4 is 12.1 Å². The SMILES string of the molecule is O=Cc1cccc(OCCC(=O)c2ccccc2)c1. The molecule has 0 aliphatic rings. The van der Waals surface area contributed by atoms with Gasteiger partial charge in [0.05, 0.1) is 6.61 Å². The molecule has 0 fully saturated rings. The third-order valence-electron chi connectivity index (χ3n) is 2.69. The van der Waals surface area contributed by atoms with Crippen molar-refractivity contribution in [3.05, 3.63) is 65.7 Å². The van der Waals surface area contributed by atoms with Crippen LogP contribution >= 0.6 is 0 Å². The monoisotopic (exact) mass is 254 g/mol. The van der Waals surface area contributed by atoms with Gasteiger partial charge in [-0.15, -0.1) is 0 Å². The molecule has 3 nitrogen and oxygen atoms in total. The zero-order valence-electron chi connectivity index (χ0n) is 10.4. The Morgan fingerprint density at radius 1 is 1.05 bits per heavy atom. The van der Waals surface area contributed by atoms with E-state index in [1.807, 2.05) is 18.2 Å². The lowest BCUT2D eigenvalue weighted by molar-refractivity contribution is 0.0961. The number of rotatable bonds is 6. The second-order valence-electron chi connectivity index (χ2n) is 4.08. The van der Waals surface area contributed by atoms with Gasteiger partial charge in [0.15, 0.2) is 5.78 Å². The lowest BCUT2D eigenvalue weighted by atomic mass is 10.1. The Morgan fingerprint density at radius 2 is 1.84 bits per heavy atom. The summed E-state index contributed by atoms with van der Waals surface area (Å²) < 4.78 is 5.46. The first kappa shape index (κ1) is 13.0. The van der Waals surface area contributed by atoms with Crippen LogP contribution in [0.4, 0.5) is 0 Å². The normalized spacial score (nSPS) is 9.89. The van der Waals surface area contributed by atoms with Gasteiger partial charge in [0.25, 0.3) is 0 Å². The van der Waals surface area contributed by atoms with E-state index >= 15 is 0 Å². The average molecular weight is 254 g/mol. The number of carbonyl (C=O) groups excluding carboxylic acids is 2. The van der Waals surface area contributed by atoms with Gasteiger partial charge in [0, 0.05) is 17.5 Å². The Labute approximate surface area is 111 Å². The fraction of sp³-hybridized carbons (Fsp3) is 0.125. The molecule has 0 aliphatic carbocycles. The highest BCUT2D eigenvalue weighted by atomic mass is 16.5. The highest BCUT2D eigenvalue weighted by Gasteiger charge is 2.05. The minimum atomic E-state index is 0.0483. The Bertz CT molecular complexity index is 561. The smallest absolute Gasteiger partial charge is 0.166 e. The van der Waals surface area contributed by atoms with Gasteiger partial charge in [-0.1, -0.05) is 42.5 Å². The number of Topliss-reactive ketones (excluding diaryl/α,β-unsaturated/α-hetero) is 1. The van der Waals surface area contributed by atoms with E-state index in [4.69, 9.17) is 4.74 Å². The first-order chi connectivity index (χ1) is 9.29. The molecule has 0 aromatic heterocycles. The van der Waals surface area contributed by atoms with Crippen LogP contribution in [0.25, 0.3) is 0 Å². The lowest BCUT2D eigenvalue weighted by Gasteiger charge is -2.06. The van der Waals surface area contributed by atoms with E-state index in [2.05, 4.69) is 0 Å². The van der Waals surface area contributed by atoms with E-state index in [-0.39, 0.29) is 5.78 Å². The summed E-state index contributed by atoms with van der Waals surface area (Å²) in [6.45, 7) is 0.302. The summed E-state index contributed by atoms with van der Waals surface area (Å²) in [5, 5.41) is 0. The van der Waals surface area contributed by atoms with Gasteiger partial charge < -0.3 is 4.74 Å². The van der Waals surface area contributed by atoms with Crippen LogP contribution in [0, 0.1) is 0 Å². The summed E-state index contributed by atoms with van der Waals surface area (Å²) in [6.07, 6.45) is 1.08. The van der Waals surface area contributed by atoms with Crippen molar-refractivity contribution in [3.63, 3.8) is 0 Å². The molecule has 0 atom stereocenters. The molecule has 0 unspecified atom stereocenters. The predicted octanol–water partition coefficient (Wildman–Crippen LogP) is 3.15. The Morgan fingerprint density at radius 3 is 2.58 bits per heavy atom. The summed E-state index contributed by atoms with van der Waals surface area (Å²) in [5.41, 5.74) is 1.25. The third-order valence-corrected chi connectivity index (χ3v) is 2.69. The second-order valence-corrected chi connectivity index (χ2v) is 4.08. The molecule has 3 heteroatoms. The molecule has 2 aromatic carbocycles. The summed E-state index contributed by atoms with van der Waals surface area (Å²) in [7, 11) is 0. The molecule has 0 saturated heterocycles. The molecule has 0 bridgehead atoms. The highest BCUT2D eigenvalue weighted by molar-refractivity contribution is 5.96. The maximum atomic E-state index is 11.8. The summed E-state index contributed by atoms with van der Waals surface area (Å²) in [4.78, 5) is 22.4. The Balaban J connectivity index is 1.86. The number of ketones is 1. The number of benzene rings is 2. The first-order valence-electron chi connectivity index (χ1n) is 6.06. The molecule has 0 saturated carbocycles. The molecule has 96 valence electrons. The molecule has 0 spiro atoms. The van der Waals surface area contributed by atoms with Gasteiger partial charge in [0.1, 0.15) is 12.0 Å². The van der Waals surface area contributed by atoms with E-state index in [9.17, 15) is 9.59 Å². The van der Waals surface area contributed by atoms with E-state index in [0.29, 0.717) is 29.9 Å². The minimum absolute atomic E-state index is 0.0483. The van der Waals surface area contributed by atoms with Crippen LogP contribution in [0.1, 0.15) is 27.1 Å². The molecule has 0 N–H and O–H groups in total. The van der Waals surface area contributed by atoms with Crippen molar-refractivity contribution in [2.45, 2.75) is 6.42 Å². The molecule has 19 heavy (non-hydrogen) atoms. The van der Waals surface area contributed by atoms with Crippen molar-refractivity contribution in [3.8, 4) is 5.75 Å². The van der Waals surface area contributed by atoms with Gasteiger partial charge in [0.2, 0.25) is 0 Å². The standard InChI is InChI=1S/C16H14O3/c17-12-13-5-4-8-15(11-13)19-10-9-16(18)14-6-2-1-3-7-14/h1-8,11-12H,9-10H2. The van der Waals surface area contributed by atoms with Crippen molar-refractivity contribution in [2.24, 2.45) is 0 Å². The summed E-state index contributed by atoms with van der Waals surface area (Å²) in [6, 6.07) is 16.0. The van der Waals surface area contributed by atoms with Gasteiger partial charge in [-0.3, -0.25) is 9.59 Å². The van der Waals surface area contributed by atoms with Crippen LogP contribution in [-0.4, -0.2) is 18.7 Å². The molecule has 2 rings (SSSR count). The number of hydrogen-bond acceptors (Lipinski definition) is 3. The molecule has 0 aliphatic heterocycles. The fourth-order valence-electron chi connectivity index (χ4n) is 1.71. The van der Waals surface area contributed by atoms with Gasteiger partial charge in [-0.2, -0.15) is 0 Å². The van der Waals surface area contributed by atoms with Gasteiger partial charge in [-0.25, -0.2) is 0 Å². The molecular weight excluding hydrogens is 240 g/mol. The third kappa shape index (κ3) is 3.78. The molecule has 2 aromatic rings. The number of aldehydes is 1. The maximum Gasteiger partial charge on any atom is 0.166 e. The number of ether oxygens (including phenoxy) is 1. The highest BCUT2D eigenvalue weighted by Crippen LogP contribution is 2.12. The number of hydrogen-bond donors (Lipinski definition) is 0.